The van der Waals surface area contributed by atoms with Gasteiger partial charge in [-0.3, -0.25) is 0 Å². The number of para-hydroxylation sites is 1. The van der Waals surface area contributed by atoms with Crippen molar-refractivity contribution in [2.45, 2.75) is 34.1 Å². The van der Waals surface area contributed by atoms with Crippen molar-refractivity contribution in [2.75, 3.05) is 13.6 Å². The second-order valence-corrected chi connectivity index (χ2v) is 7.61. The van der Waals surface area contributed by atoms with E-state index in [9.17, 15) is 0 Å². The molecule has 0 unspecified atom stereocenters. The highest BCUT2D eigenvalue weighted by atomic mass is 32.2. The molecule has 0 radical (unpaired) electrons. The molecule has 2 aromatic carbocycles. The van der Waals surface area contributed by atoms with E-state index in [1.54, 1.807) is 11.8 Å². The lowest BCUT2D eigenvalue weighted by Crippen LogP contribution is -2.23. The quantitative estimate of drug-likeness (QED) is 0.313. The first-order valence-electron chi connectivity index (χ1n) is 9.45. The Balaban J connectivity index is 2.37. The van der Waals surface area contributed by atoms with Crippen molar-refractivity contribution in [1.82, 2.24) is 4.90 Å². The van der Waals surface area contributed by atoms with E-state index in [-0.39, 0.29) is 0 Å². The Morgan fingerprint density at radius 2 is 1.85 bits per heavy atom. The SMILES string of the molecule is C=C/C(=C/c1cc(C)c(C)c(CC)c1)SC(=Nc1ccccc1)N(C)CC. The molecule has 0 heterocycles. The average molecular weight is 379 g/mol. The Labute approximate surface area is 168 Å². The fourth-order valence-electron chi connectivity index (χ4n) is 2.75. The van der Waals surface area contributed by atoms with Gasteiger partial charge in [-0.25, -0.2) is 4.99 Å². The van der Waals surface area contributed by atoms with Crippen molar-refractivity contribution < 1.29 is 0 Å². The maximum Gasteiger partial charge on any atom is 0.168 e. The van der Waals surface area contributed by atoms with Crippen LogP contribution in [0, 0.1) is 13.8 Å². The van der Waals surface area contributed by atoms with Crippen molar-refractivity contribution in [3.63, 3.8) is 0 Å². The smallest absolute Gasteiger partial charge is 0.168 e. The van der Waals surface area contributed by atoms with Crippen molar-refractivity contribution in [3.05, 3.63) is 82.3 Å². The topological polar surface area (TPSA) is 15.6 Å². The number of amidine groups is 1. The van der Waals surface area contributed by atoms with Gasteiger partial charge in [0.15, 0.2) is 5.17 Å². The zero-order valence-corrected chi connectivity index (χ0v) is 17.9. The first-order valence-corrected chi connectivity index (χ1v) is 10.3. The molecule has 0 fully saturated rings. The minimum Gasteiger partial charge on any atom is -0.354 e. The van der Waals surface area contributed by atoms with Crippen molar-refractivity contribution in [3.8, 4) is 0 Å². The molecule has 142 valence electrons. The molecule has 27 heavy (non-hydrogen) atoms. The van der Waals surface area contributed by atoms with Gasteiger partial charge in [0.05, 0.1) is 5.69 Å². The van der Waals surface area contributed by atoms with Gasteiger partial charge in [-0.05, 0) is 67.7 Å². The Morgan fingerprint density at radius 1 is 1.15 bits per heavy atom. The number of aryl methyl sites for hydroxylation is 2. The summed E-state index contributed by atoms with van der Waals surface area (Å²) in [6.45, 7) is 13.6. The van der Waals surface area contributed by atoms with E-state index >= 15 is 0 Å². The second kappa shape index (κ2) is 10.2. The standard InChI is InChI=1S/C24H30N2S/c1-7-21-16-20(15-18(4)19(21)5)17-23(8-2)27-24(26(6)9-3)25-22-13-11-10-12-14-22/h8,10-17H,2,7,9H2,1,3-6H3/b23-17-,25-24?. The van der Waals surface area contributed by atoms with Gasteiger partial charge in [-0.1, -0.05) is 61.7 Å². The summed E-state index contributed by atoms with van der Waals surface area (Å²) in [4.78, 5) is 8.09. The molecule has 0 spiro atoms. The van der Waals surface area contributed by atoms with E-state index in [0.717, 1.165) is 28.7 Å². The van der Waals surface area contributed by atoms with Crippen LogP contribution in [-0.2, 0) is 6.42 Å². The zero-order valence-electron chi connectivity index (χ0n) is 17.1. The van der Waals surface area contributed by atoms with E-state index in [0.29, 0.717) is 0 Å². The lowest BCUT2D eigenvalue weighted by Gasteiger charge is -2.19. The van der Waals surface area contributed by atoms with E-state index in [1.807, 2.05) is 36.4 Å². The summed E-state index contributed by atoms with van der Waals surface area (Å²) < 4.78 is 0. The van der Waals surface area contributed by atoms with E-state index in [4.69, 9.17) is 4.99 Å². The molecule has 2 aromatic rings. The zero-order chi connectivity index (χ0) is 19.8. The number of thioether (sulfide) groups is 1. The van der Waals surface area contributed by atoms with E-state index < -0.39 is 0 Å². The second-order valence-electron chi connectivity index (χ2n) is 6.57. The van der Waals surface area contributed by atoms with Gasteiger partial charge in [0.1, 0.15) is 0 Å². The van der Waals surface area contributed by atoms with Crippen LogP contribution in [0.2, 0.25) is 0 Å². The summed E-state index contributed by atoms with van der Waals surface area (Å²) >= 11 is 1.65. The van der Waals surface area contributed by atoms with Gasteiger partial charge >= 0.3 is 0 Å². The molecule has 0 aliphatic carbocycles. The number of benzene rings is 2. The van der Waals surface area contributed by atoms with Gasteiger partial charge in [0.25, 0.3) is 0 Å². The molecule has 0 N–H and O–H groups in total. The molecule has 0 amide bonds. The third-order valence-electron chi connectivity index (χ3n) is 4.68. The van der Waals surface area contributed by atoms with Crippen LogP contribution in [0.15, 0.2) is 65.0 Å². The molecule has 0 atom stereocenters. The van der Waals surface area contributed by atoms with Crippen LogP contribution in [0.3, 0.4) is 0 Å². The fraction of sp³-hybridized carbons (Fsp3) is 0.292. The normalized spacial score (nSPS) is 12.2. The maximum atomic E-state index is 4.84. The average Bonchev–Trinajstić information content (AvgIpc) is 2.69. The predicted molar refractivity (Wildman–Crippen MR) is 123 cm³/mol. The summed E-state index contributed by atoms with van der Waals surface area (Å²) in [6.07, 6.45) is 5.16. The number of allylic oxidation sites excluding steroid dienone is 1. The molecule has 3 heteroatoms. The summed E-state index contributed by atoms with van der Waals surface area (Å²) in [5, 5.41) is 0.967. The van der Waals surface area contributed by atoms with Gasteiger partial charge < -0.3 is 4.90 Å². The maximum absolute atomic E-state index is 4.84. The molecule has 0 bridgehead atoms. The summed E-state index contributed by atoms with van der Waals surface area (Å²) in [5.74, 6) is 0. The van der Waals surface area contributed by atoms with Gasteiger partial charge in [-0.15, -0.1) is 0 Å². The van der Waals surface area contributed by atoms with E-state index in [1.165, 1.54) is 22.3 Å². The van der Waals surface area contributed by atoms with E-state index in [2.05, 4.69) is 64.4 Å². The first-order chi connectivity index (χ1) is 13.0. The Hall–Kier alpha value is -2.26. The molecule has 2 rings (SSSR count). The predicted octanol–water partition coefficient (Wildman–Crippen LogP) is 6.77. The van der Waals surface area contributed by atoms with Crippen molar-refractivity contribution in [1.29, 1.82) is 0 Å². The third kappa shape index (κ3) is 5.86. The molecule has 0 saturated carbocycles. The van der Waals surface area contributed by atoms with Crippen molar-refractivity contribution in [2.24, 2.45) is 4.99 Å². The molecule has 0 aromatic heterocycles. The minimum absolute atomic E-state index is 0.896. The molecular weight excluding hydrogens is 348 g/mol. The number of nitrogens with zero attached hydrogens (tertiary/aromatic N) is 2. The monoisotopic (exact) mass is 378 g/mol. The number of hydrogen-bond donors (Lipinski definition) is 0. The number of aliphatic imine (C=N–C) groups is 1. The number of rotatable bonds is 6. The molecule has 0 saturated heterocycles. The summed E-state index contributed by atoms with van der Waals surface area (Å²) in [7, 11) is 2.07. The lowest BCUT2D eigenvalue weighted by atomic mass is 9.98. The highest BCUT2D eigenvalue weighted by Crippen LogP contribution is 2.27. The van der Waals surface area contributed by atoms with Gasteiger partial charge in [0.2, 0.25) is 0 Å². The van der Waals surface area contributed by atoms with Gasteiger partial charge in [0, 0.05) is 18.5 Å². The van der Waals surface area contributed by atoms with Crippen LogP contribution in [0.1, 0.15) is 36.1 Å². The van der Waals surface area contributed by atoms with Crippen LogP contribution >= 0.6 is 11.8 Å². The highest BCUT2D eigenvalue weighted by molar-refractivity contribution is 8.17. The van der Waals surface area contributed by atoms with Crippen LogP contribution in [0.25, 0.3) is 6.08 Å². The third-order valence-corrected chi connectivity index (χ3v) is 5.78. The van der Waals surface area contributed by atoms with Crippen LogP contribution in [0.5, 0.6) is 0 Å². The summed E-state index contributed by atoms with van der Waals surface area (Å²) in [5.41, 5.74) is 6.30. The van der Waals surface area contributed by atoms with Crippen LogP contribution < -0.4 is 0 Å². The largest absolute Gasteiger partial charge is 0.354 e. The number of hydrogen-bond acceptors (Lipinski definition) is 2. The van der Waals surface area contributed by atoms with Gasteiger partial charge in [-0.2, -0.15) is 0 Å². The fourth-order valence-corrected chi connectivity index (χ4v) is 3.67. The minimum atomic E-state index is 0.896. The first kappa shape index (κ1) is 21.0. The highest BCUT2D eigenvalue weighted by Gasteiger charge is 2.09. The van der Waals surface area contributed by atoms with Crippen LogP contribution in [-0.4, -0.2) is 23.7 Å². The molecule has 0 aliphatic rings. The molecule has 2 nitrogen and oxygen atoms in total. The summed E-state index contributed by atoms with van der Waals surface area (Å²) in [6, 6.07) is 14.6. The lowest BCUT2D eigenvalue weighted by molar-refractivity contribution is 0.546. The van der Waals surface area contributed by atoms with Crippen LogP contribution in [0.4, 0.5) is 5.69 Å². The molecular formula is C24H30N2S. The Kier molecular flexibility index (Phi) is 7.93. The molecule has 0 aliphatic heterocycles. The van der Waals surface area contributed by atoms with Crippen molar-refractivity contribution >= 4 is 28.7 Å². The Bertz CT molecular complexity index is 835. The Morgan fingerprint density at radius 3 is 2.44 bits per heavy atom.